The van der Waals surface area contributed by atoms with E-state index in [0.29, 0.717) is 46.8 Å². The van der Waals surface area contributed by atoms with Crippen LogP contribution in [0.1, 0.15) is 46.0 Å². The molecule has 3 heterocycles. The summed E-state index contributed by atoms with van der Waals surface area (Å²) in [6.07, 6.45) is 0.509. The van der Waals surface area contributed by atoms with Crippen molar-refractivity contribution in [3.8, 4) is 22.9 Å². The van der Waals surface area contributed by atoms with Gasteiger partial charge in [0.05, 0.1) is 49.8 Å². The number of ether oxygens (including phenoxy) is 3. The summed E-state index contributed by atoms with van der Waals surface area (Å²) in [5.41, 5.74) is 2.70. The van der Waals surface area contributed by atoms with Crippen LogP contribution in [0.15, 0.2) is 94.5 Å². The number of nitrogens with one attached hydrogen (secondary N) is 1. The molecule has 0 saturated carbocycles. The number of thioether (sulfide) groups is 1. The number of methoxy groups -OCH3 is 2. The first-order valence-corrected chi connectivity index (χ1v) is 17.2. The molecule has 1 N–H and O–H groups in total. The summed E-state index contributed by atoms with van der Waals surface area (Å²) in [5, 5.41) is 20.3. The third-order valence-electron chi connectivity index (χ3n) is 7.71. The van der Waals surface area contributed by atoms with Crippen LogP contribution in [0.2, 0.25) is 0 Å². The average Bonchev–Trinajstić information content (AvgIpc) is 3.91. The van der Waals surface area contributed by atoms with E-state index in [2.05, 4.69) is 15.5 Å². The van der Waals surface area contributed by atoms with Gasteiger partial charge in [-0.2, -0.15) is 5.10 Å². The van der Waals surface area contributed by atoms with Gasteiger partial charge in [-0.1, -0.05) is 30.0 Å². The molecular formula is C35H33FN6O5S2. The van der Waals surface area contributed by atoms with Crippen LogP contribution in [0.3, 0.4) is 0 Å². The molecule has 49 heavy (non-hydrogen) atoms. The summed E-state index contributed by atoms with van der Waals surface area (Å²) in [6, 6.07) is 22.0. The molecule has 0 radical (unpaired) electrons. The SMILES string of the molecule is CCOc1ccc(-n2c(CNC(=O)c3ccc(OC)c(OC)c3)nnc2SCC(=O)N2N=C(c3cccs3)C[C@H]2c2ccc(F)cc2)cc1. The van der Waals surface area contributed by atoms with E-state index in [1.54, 1.807) is 46.2 Å². The molecule has 3 aromatic carbocycles. The molecule has 2 aromatic heterocycles. The van der Waals surface area contributed by atoms with E-state index < -0.39 is 0 Å². The fourth-order valence-corrected chi connectivity index (χ4v) is 6.88. The van der Waals surface area contributed by atoms with Crippen molar-refractivity contribution in [3.05, 3.63) is 112 Å². The van der Waals surface area contributed by atoms with Crippen LogP contribution in [-0.2, 0) is 11.3 Å². The van der Waals surface area contributed by atoms with Gasteiger partial charge < -0.3 is 19.5 Å². The zero-order valence-corrected chi connectivity index (χ0v) is 28.6. The van der Waals surface area contributed by atoms with Crippen LogP contribution in [0.5, 0.6) is 17.2 Å². The van der Waals surface area contributed by atoms with Gasteiger partial charge in [-0.3, -0.25) is 14.2 Å². The van der Waals surface area contributed by atoms with Crippen LogP contribution in [0.25, 0.3) is 5.69 Å². The lowest BCUT2D eigenvalue weighted by molar-refractivity contribution is -0.130. The summed E-state index contributed by atoms with van der Waals surface area (Å²) in [4.78, 5) is 27.9. The normalized spacial score (nSPS) is 14.0. The lowest BCUT2D eigenvalue weighted by atomic mass is 10.0. The zero-order chi connectivity index (χ0) is 34.3. The Morgan fingerprint density at radius 2 is 1.78 bits per heavy atom. The smallest absolute Gasteiger partial charge is 0.253 e. The molecule has 0 saturated heterocycles. The largest absolute Gasteiger partial charge is 0.494 e. The second kappa shape index (κ2) is 15.3. The van der Waals surface area contributed by atoms with Crippen molar-refractivity contribution in [2.75, 3.05) is 26.6 Å². The molecule has 1 atom stereocenters. The number of carbonyl (C=O) groups excluding carboxylic acids is 2. The third kappa shape index (κ3) is 7.60. The zero-order valence-electron chi connectivity index (χ0n) is 27.0. The van der Waals surface area contributed by atoms with Crippen LogP contribution in [0, 0.1) is 5.82 Å². The Hall–Kier alpha value is -5.21. The standard InChI is InChI=1S/C35H33FN6O5S2/c1-4-47-26-14-12-25(13-15-26)41-32(20-37-34(44)23-9-16-29(45-2)30(18-23)46-3)38-39-35(41)49-21-33(43)42-28(22-7-10-24(36)11-8-22)19-27(40-42)31-6-5-17-48-31/h5-18,28H,4,19-21H2,1-3H3,(H,37,44)/t28-/m0/s1. The van der Waals surface area contributed by atoms with Gasteiger partial charge in [0.15, 0.2) is 22.5 Å². The van der Waals surface area contributed by atoms with Crippen LogP contribution in [0.4, 0.5) is 4.39 Å². The summed E-state index contributed by atoms with van der Waals surface area (Å²) in [7, 11) is 3.03. The minimum absolute atomic E-state index is 0.00603. The number of carbonyl (C=O) groups is 2. The number of halogens is 1. The van der Waals surface area contributed by atoms with Crippen molar-refractivity contribution in [1.29, 1.82) is 0 Å². The van der Waals surface area contributed by atoms with Gasteiger partial charge in [0, 0.05) is 17.7 Å². The average molecular weight is 701 g/mol. The maximum Gasteiger partial charge on any atom is 0.253 e. The highest BCUT2D eigenvalue weighted by atomic mass is 32.2. The van der Waals surface area contributed by atoms with Gasteiger partial charge in [-0.25, -0.2) is 9.40 Å². The highest BCUT2D eigenvalue weighted by Gasteiger charge is 2.34. The number of hydrazone groups is 1. The Morgan fingerprint density at radius 1 is 1.00 bits per heavy atom. The molecule has 14 heteroatoms. The number of rotatable bonds is 13. The number of benzene rings is 3. The maximum atomic E-state index is 13.8. The van der Waals surface area contributed by atoms with Gasteiger partial charge in [0.25, 0.3) is 11.8 Å². The number of hydrogen-bond acceptors (Lipinski definition) is 10. The third-order valence-corrected chi connectivity index (χ3v) is 9.54. The van der Waals surface area contributed by atoms with Crippen LogP contribution in [-0.4, -0.2) is 63.9 Å². The molecule has 252 valence electrons. The predicted molar refractivity (Wildman–Crippen MR) is 185 cm³/mol. The van der Waals surface area contributed by atoms with Gasteiger partial charge in [-0.15, -0.1) is 21.5 Å². The number of nitrogens with zero attached hydrogens (tertiary/aromatic N) is 5. The number of thiophene rings is 1. The molecular weight excluding hydrogens is 668 g/mol. The summed E-state index contributed by atoms with van der Waals surface area (Å²) < 4.78 is 31.8. The van der Waals surface area contributed by atoms with Gasteiger partial charge >= 0.3 is 0 Å². The minimum Gasteiger partial charge on any atom is -0.494 e. The molecule has 5 aromatic rings. The van der Waals surface area contributed by atoms with Crippen LogP contribution < -0.4 is 19.5 Å². The van der Waals surface area contributed by atoms with E-state index in [4.69, 9.17) is 19.3 Å². The molecule has 11 nitrogen and oxygen atoms in total. The second-order valence-corrected chi connectivity index (χ2v) is 12.6. The lowest BCUT2D eigenvalue weighted by Crippen LogP contribution is -2.28. The lowest BCUT2D eigenvalue weighted by Gasteiger charge is -2.22. The maximum absolute atomic E-state index is 13.8. The number of amides is 2. The minimum atomic E-state index is -0.378. The van der Waals surface area contributed by atoms with Crippen molar-refractivity contribution in [2.24, 2.45) is 5.10 Å². The van der Waals surface area contributed by atoms with Crippen LogP contribution >= 0.6 is 23.1 Å². The molecule has 2 amide bonds. The molecule has 0 fully saturated rings. The van der Waals surface area contributed by atoms with Crippen molar-refractivity contribution in [3.63, 3.8) is 0 Å². The first-order valence-electron chi connectivity index (χ1n) is 15.4. The molecule has 1 aliphatic heterocycles. The molecule has 0 unspecified atom stereocenters. The number of aromatic nitrogens is 3. The van der Waals surface area contributed by atoms with E-state index >= 15 is 0 Å². The monoisotopic (exact) mass is 700 g/mol. The summed E-state index contributed by atoms with van der Waals surface area (Å²) in [6.45, 7) is 2.48. The molecule has 6 rings (SSSR count). The Morgan fingerprint density at radius 3 is 2.47 bits per heavy atom. The van der Waals surface area contributed by atoms with E-state index in [0.717, 1.165) is 21.8 Å². The van der Waals surface area contributed by atoms with Crippen molar-refractivity contribution >= 4 is 40.6 Å². The van der Waals surface area contributed by atoms with Gasteiger partial charge in [0.1, 0.15) is 11.6 Å². The Kier molecular flexibility index (Phi) is 10.5. The molecule has 0 aliphatic carbocycles. The highest BCUT2D eigenvalue weighted by Crippen LogP contribution is 2.35. The molecule has 0 spiro atoms. The van der Waals surface area contributed by atoms with Gasteiger partial charge in [0.2, 0.25) is 0 Å². The van der Waals surface area contributed by atoms with E-state index in [1.807, 2.05) is 48.7 Å². The molecule has 0 bridgehead atoms. The summed E-state index contributed by atoms with van der Waals surface area (Å²) >= 11 is 2.76. The predicted octanol–water partition coefficient (Wildman–Crippen LogP) is 6.28. The Bertz CT molecular complexity index is 1950. The first kappa shape index (κ1) is 33.7. The van der Waals surface area contributed by atoms with Crippen molar-refractivity contribution in [1.82, 2.24) is 25.1 Å². The van der Waals surface area contributed by atoms with E-state index in [-0.39, 0.29) is 36.0 Å². The van der Waals surface area contributed by atoms with Gasteiger partial charge in [-0.05, 0) is 78.5 Å². The number of hydrogen-bond donors (Lipinski definition) is 1. The fraction of sp³-hybridized carbons (Fsp3) is 0.229. The van der Waals surface area contributed by atoms with E-state index in [1.165, 1.54) is 43.1 Å². The molecule has 1 aliphatic rings. The quantitative estimate of drug-likeness (QED) is 0.143. The van der Waals surface area contributed by atoms with Crippen molar-refractivity contribution < 1.29 is 28.2 Å². The fourth-order valence-electron chi connectivity index (χ4n) is 5.33. The first-order chi connectivity index (χ1) is 23.9. The highest BCUT2D eigenvalue weighted by molar-refractivity contribution is 7.99. The second-order valence-electron chi connectivity index (χ2n) is 10.7. The summed E-state index contributed by atoms with van der Waals surface area (Å²) in [5.74, 6) is 1.18. The van der Waals surface area contributed by atoms with E-state index in [9.17, 15) is 14.0 Å². The Labute approximate surface area is 290 Å². The topological polar surface area (TPSA) is 120 Å². The van der Waals surface area contributed by atoms with Crippen molar-refractivity contribution in [2.45, 2.75) is 31.1 Å². The Balaban J connectivity index is 1.24.